The predicted octanol–water partition coefficient (Wildman–Crippen LogP) is 2.88. The Morgan fingerprint density at radius 1 is 1.30 bits per heavy atom. The molecule has 2 aromatic carbocycles. The van der Waals surface area contributed by atoms with Crippen LogP contribution < -0.4 is 4.90 Å². The van der Waals surface area contributed by atoms with Gasteiger partial charge in [0.05, 0.1) is 17.9 Å². The van der Waals surface area contributed by atoms with Crippen LogP contribution in [0, 0.1) is 18.3 Å². The number of aliphatic hydroxyl groups excluding tert-OH is 1. The topological polar surface area (TPSA) is 96.8 Å². The minimum atomic E-state index is -0.429. The molecule has 8 nitrogen and oxygen atoms in total. The van der Waals surface area contributed by atoms with Gasteiger partial charge in [0.25, 0.3) is 5.89 Å². The summed E-state index contributed by atoms with van der Waals surface area (Å²) in [6.45, 7) is 3.57. The Kier molecular flexibility index (Phi) is 6.36. The van der Waals surface area contributed by atoms with Gasteiger partial charge in [-0.2, -0.15) is 5.26 Å². The average molecular weight is 448 g/mol. The van der Waals surface area contributed by atoms with E-state index >= 15 is 0 Å². The van der Waals surface area contributed by atoms with Crippen molar-refractivity contribution in [2.24, 2.45) is 0 Å². The lowest BCUT2D eigenvalue weighted by Gasteiger charge is -2.25. The molecular formula is C25H29N5O3. The molecule has 2 heterocycles. The first-order chi connectivity index (χ1) is 15.9. The van der Waals surface area contributed by atoms with E-state index < -0.39 is 5.91 Å². The fourth-order valence-electron chi connectivity index (χ4n) is 4.51. The molecule has 8 heteroatoms. The van der Waals surface area contributed by atoms with Crippen LogP contribution in [-0.4, -0.2) is 79.2 Å². The van der Waals surface area contributed by atoms with Gasteiger partial charge in [-0.1, -0.05) is 30.3 Å². The van der Waals surface area contributed by atoms with Crippen LogP contribution in [0.3, 0.4) is 0 Å². The van der Waals surface area contributed by atoms with Gasteiger partial charge >= 0.3 is 5.91 Å². The first-order valence-electron chi connectivity index (χ1n) is 11.1. The van der Waals surface area contributed by atoms with E-state index in [1.165, 1.54) is 4.90 Å². The van der Waals surface area contributed by atoms with Crippen molar-refractivity contribution < 1.29 is 14.3 Å². The number of carbonyl (C=O) groups excluding carboxylic acids is 1. The molecule has 1 aliphatic heterocycles. The number of nitrogens with zero attached hydrogens (tertiary/aromatic N) is 5. The molecule has 0 radical (unpaired) electrons. The molecule has 0 saturated carbocycles. The second-order valence-corrected chi connectivity index (χ2v) is 8.70. The van der Waals surface area contributed by atoms with Gasteiger partial charge in [0.15, 0.2) is 5.58 Å². The number of benzene rings is 2. The van der Waals surface area contributed by atoms with Gasteiger partial charge < -0.3 is 24.2 Å². The molecule has 4 rings (SSSR count). The van der Waals surface area contributed by atoms with Crippen LogP contribution in [0.1, 0.15) is 28.2 Å². The first-order valence-corrected chi connectivity index (χ1v) is 11.1. The lowest BCUT2D eigenvalue weighted by Crippen LogP contribution is -2.31. The Balaban J connectivity index is 1.98. The van der Waals surface area contributed by atoms with Gasteiger partial charge in [-0.05, 0) is 38.6 Å². The van der Waals surface area contributed by atoms with E-state index in [4.69, 9.17) is 4.42 Å². The highest BCUT2D eigenvalue weighted by Crippen LogP contribution is 2.44. The molecule has 1 unspecified atom stereocenters. The zero-order valence-corrected chi connectivity index (χ0v) is 19.5. The zero-order valence-electron chi connectivity index (χ0n) is 19.5. The Morgan fingerprint density at radius 3 is 2.64 bits per heavy atom. The summed E-state index contributed by atoms with van der Waals surface area (Å²) in [5.41, 5.74) is 4.86. The zero-order chi connectivity index (χ0) is 23.7. The molecule has 1 amide bonds. The molecule has 1 fully saturated rings. The van der Waals surface area contributed by atoms with Gasteiger partial charge in [-0.15, -0.1) is 0 Å². The molecule has 0 bridgehead atoms. The molecular weight excluding hydrogens is 418 g/mol. The summed E-state index contributed by atoms with van der Waals surface area (Å²) < 4.78 is 6.11. The molecule has 33 heavy (non-hydrogen) atoms. The van der Waals surface area contributed by atoms with Crippen LogP contribution in [0.2, 0.25) is 0 Å². The first kappa shape index (κ1) is 22.8. The fraction of sp³-hybridized carbons (Fsp3) is 0.400. The Hall–Kier alpha value is -3.41. The number of rotatable bonds is 6. The highest BCUT2D eigenvalue weighted by molar-refractivity contribution is 6.04. The van der Waals surface area contributed by atoms with Crippen molar-refractivity contribution in [3.8, 4) is 17.2 Å². The molecule has 1 atom stereocenters. The van der Waals surface area contributed by atoms with E-state index in [1.807, 2.05) is 37.3 Å². The van der Waals surface area contributed by atoms with E-state index in [9.17, 15) is 15.2 Å². The fourth-order valence-corrected chi connectivity index (χ4v) is 4.51. The number of hydrogen-bond donors (Lipinski definition) is 1. The summed E-state index contributed by atoms with van der Waals surface area (Å²) in [7, 11) is 5.74. The van der Waals surface area contributed by atoms with E-state index in [0.29, 0.717) is 22.7 Å². The van der Waals surface area contributed by atoms with Crippen LogP contribution in [0.15, 0.2) is 34.7 Å². The number of anilines is 1. The minimum absolute atomic E-state index is 0.0772. The number of carbonyl (C=O) groups is 1. The summed E-state index contributed by atoms with van der Waals surface area (Å²) in [6, 6.07) is 12.6. The maximum atomic E-state index is 12.9. The van der Waals surface area contributed by atoms with Crippen LogP contribution in [-0.2, 0) is 0 Å². The monoisotopic (exact) mass is 447 g/mol. The van der Waals surface area contributed by atoms with Gasteiger partial charge in [0.2, 0.25) is 0 Å². The molecule has 172 valence electrons. The number of hydrogen-bond acceptors (Lipinski definition) is 7. The largest absolute Gasteiger partial charge is 0.430 e. The summed E-state index contributed by atoms with van der Waals surface area (Å²) in [5.74, 6) is -0.506. The third kappa shape index (κ3) is 4.06. The van der Waals surface area contributed by atoms with Gasteiger partial charge in [-0.25, -0.2) is 4.98 Å². The van der Waals surface area contributed by atoms with Crippen LogP contribution in [0.4, 0.5) is 5.69 Å². The van der Waals surface area contributed by atoms with Crippen LogP contribution in [0.25, 0.3) is 22.2 Å². The highest BCUT2D eigenvalue weighted by atomic mass is 16.4. The summed E-state index contributed by atoms with van der Waals surface area (Å²) in [5, 5.41) is 19.2. The van der Waals surface area contributed by atoms with Gasteiger partial charge in [-0.3, -0.25) is 4.79 Å². The standard InChI is InChI=1S/C25H29N5O3/c1-16-19(14-26)21-23(33-24(27-21)25(32)29(4)12-13-31)22(20(16)17-8-6-5-7-9-17)30-11-10-18(15-30)28(2)3/h5-9,18,31H,10-13,15H2,1-4H3. The van der Waals surface area contributed by atoms with Crippen molar-refractivity contribution in [3.63, 3.8) is 0 Å². The number of oxazole rings is 1. The Bertz CT molecular complexity index is 1210. The Morgan fingerprint density at radius 2 is 2.03 bits per heavy atom. The van der Waals surface area contributed by atoms with Crippen molar-refractivity contribution in [2.45, 2.75) is 19.4 Å². The lowest BCUT2D eigenvalue weighted by atomic mass is 9.93. The van der Waals surface area contributed by atoms with E-state index in [0.717, 1.165) is 41.9 Å². The van der Waals surface area contributed by atoms with Gasteiger partial charge in [0, 0.05) is 38.3 Å². The maximum Gasteiger partial charge on any atom is 0.309 e. The van der Waals surface area contributed by atoms with Crippen molar-refractivity contribution >= 4 is 22.7 Å². The molecule has 1 N–H and O–H groups in total. The molecule has 1 aliphatic rings. The SMILES string of the molecule is Cc1c(-c2ccccc2)c(N2CCC(N(C)C)C2)c2oc(C(=O)N(C)CCO)nc2c1C#N. The third-order valence-corrected chi connectivity index (χ3v) is 6.42. The van der Waals surface area contributed by atoms with Crippen molar-refractivity contribution in [2.75, 3.05) is 52.3 Å². The average Bonchev–Trinajstić information content (AvgIpc) is 3.46. The predicted molar refractivity (Wildman–Crippen MR) is 127 cm³/mol. The minimum Gasteiger partial charge on any atom is -0.430 e. The van der Waals surface area contributed by atoms with Gasteiger partial charge in [0.1, 0.15) is 11.6 Å². The van der Waals surface area contributed by atoms with Crippen LogP contribution >= 0.6 is 0 Å². The third-order valence-electron chi connectivity index (χ3n) is 6.42. The Labute approximate surface area is 193 Å². The second kappa shape index (κ2) is 9.22. The second-order valence-electron chi connectivity index (χ2n) is 8.70. The van der Waals surface area contributed by atoms with E-state index in [-0.39, 0.29) is 19.0 Å². The summed E-state index contributed by atoms with van der Waals surface area (Å²) >= 11 is 0. The van der Waals surface area contributed by atoms with Crippen molar-refractivity contribution in [1.29, 1.82) is 5.26 Å². The molecule has 1 aromatic heterocycles. The normalized spacial score (nSPS) is 15.9. The van der Waals surface area contributed by atoms with Crippen LogP contribution in [0.5, 0.6) is 0 Å². The number of aliphatic hydroxyl groups is 1. The highest BCUT2D eigenvalue weighted by Gasteiger charge is 2.32. The summed E-state index contributed by atoms with van der Waals surface area (Å²) in [4.78, 5) is 23.2. The molecule has 1 saturated heterocycles. The van der Waals surface area contributed by atoms with Crippen molar-refractivity contribution in [1.82, 2.24) is 14.8 Å². The van der Waals surface area contributed by atoms with E-state index in [2.05, 4.69) is 34.9 Å². The molecule has 3 aromatic rings. The van der Waals surface area contributed by atoms with E-state index in [1.54, 1.807) is 7.05 Å². The number of likely N-dealkylation sites (N-methyl/N-ethyl adjacent to an activating group) is 2. The number of aromatic nitrogens is 1. The quantitative estimate of drug-likeness (QED) is 0.621. The molecule has 0 aliphatic carbocycles. The summed E-state index contributed by atoms with van der Waals surface area (Å²) in [6.07, 6.45) is 1.00. The molecule has 0 spiro atoms. The number of fused-ring (bicyclic) bond motifs is 1. The van der Waals surface area contributed by atoms with Crippen molar-refractivity contribution in [3.05, 3.63) is 47.3 Å². The number of amides is 1. The lowest BCUT2D eigenvalue weighted by molar-refractivity contribution is 0.0730. The number of nitriles is 1. The maximum absolute atomic E-state index is 12.9. The smallest absolute Gasteiger partial charge is 0.309 e.